The summed E-state index contributed by atoms with van der Waals surface area (Å²) in [6.07, 6.45) is 3.41. The zero-order chi connectivity index (χ0) is 13.1. The van der Waals surface area contributed by atoms with E-state index in [2.05, 4.69) is 36.8 Å². The average Bonchev–Trinajstić information content (AvgIpc) is 2.37. The molecule has 0 saturated carbocycles. The second kappa shape index (κ2) is 5.76. The Morgan fingerprint density at radius 2 is 1.67 bits per heavy atom. The Hall–Kier alpha value is -1.00. The summed E-state index contributed by atoms with van der Waals surface area (Å²) < 4.78 is 1.78. The fraction of sp³-hybridized carbons (Fsp3) is 0.143. The number of hydrogen-bond acceptors (Lipinski definition) is 2. The van der Waals surface area contributed by atoms with Crippen LogP contribution in [0.4, 0.5) is 0 Å². The lowest BCUT2D eigenvalue weighted by Crippen LogP contribution is -2.09. The summed E-state index contributed by atoms with van der Waals surface area (Å²) >= 11 is 6.79. The van der Waals surface area contributed by atoms with Crippen molar-refractivity contribution in [2.24, 2.45) is 0 Å². The van der Waals surface area contributed by atoms with Crippen LogP contribution in [0.2, 0.25) is 0 Å². The van der Waals surface area contributed by atoms with Crippen molar-refractivity contribution in [3.8, 4) is 0 Å². The van der Waals surface area contributed by atoms with Gasteiger partial charge < -0.3 is 0 Å². The Labute approximate surface area is 123 Å². The second-order valence-electron chi connectivity index (χ2n) is 4.02. The van der Waals surface area contributed by atoms with Gasteiger partial charge in [0.15, 0.2) is 5.78 Å². The molecule has 0 N–H and O–H groups in total. The van der Waals surface area contributed by atoms with Gasteiger partial charge in [0.25, 0.3) is 0 Å². The molecule has 1 atom stereocenters. The van der Waals surface area contributed by atoms with Gasteiger partial charge in [0, 0.05) is 32.8 Å². The van der Waals surface area contributed by atoms with Crippen molar-refractivity contribution >= 4 is 37.6 Å². The molecule has 0 radical (unpaired) electrons. The highest BCUT2D eigenvalue weighted by molar-refractivity contribution is 9.11. The van der Waals surface area contributed by atoms with Crippen LogP contribution in [0.5, 0.6) is 0 Å². The number of ketones is 1. The molecule has 92 valence electrons. The predicted octanol–water partition coefficient (Wildman–Crippen LogP) is 4.59. The number of rotatable bonds is 3. The third-order valence-corrected chi connectivity index (χ3v) is 3.66. The van der Waals surface area contributed by atoms with Gasteiger partial charge in [-0.25, -0.2) is 0 Å². The van der Waals surface area contributed by atoms with Crippen molar-refractivity contribution < 1.29 is 4.79 Å². The summed E-state index contributed by atoms with van der Waals surface area (Å²) in [7, 11) is 0. The first kappa shape index (κ1) is 13.4. The average molecular weight is 369 g/mol. The Morgan fingerprint density at radius 1 is 1.11 bits per heavy atom. The third kappa shape index (κ3) is 3.06. The molecular weight excluding hydrogens is 358 g/mol. The smallest absolute Gasteiger partial charge is 0.170 e. The Morgan fingerprint density at radius 3 is 2.22 bits per heavy atom. The van der Waals surface area contributed by atoms with Crippen LogP contribution in [-0.4, -0.2) is 10.8 Å². The number of Topliss-reactive ketones (excluding diaryl/α,β-unsaturated/α-hetero) is 1. The Bertz CT molecular complexity index is 549. The zero-order valence-electron chi connectivity index (χ0n) is 9.73. The Kier molecular flexibility index (Phi) is 4.30. The monoisotopic (exact) mass is 367 g/mol. The van der Waals surface area contributed by atoms with E-state index in [-0.39, 0.29) is 11.7 Å². The van der Waals surface area contributed by atoms with Crippen molar-refractivity contribution in [3.05, 3.63) is 62.8 Å². The first-order valence-corrected chi connectivity index (χ1v) is 7.07. The minimum atomic E-state index is -0.172. The first-order chi connectivity index (χ1) is 8.58. The maximum absolute atomic E-state index is 12.4. The highest BCUT2D eigenvalue weighted by Crippen LogP contribution is 2.25. The van der Waals surface area contributed by atoms with Gasteiger partial charge in [-0.05, 0) is 35.9 Å². The molecule has 0 aliphatic carbocycles. The summed E-state index contributed by atoms with van der Waals surface area (Å²) in [4.78, 5) is 16.3. The molecule has 0 saturated heterocycles. The fourth-order valence-corrected chi connectivity index (χ4v) is 3.04. The van der Waals surface area contributed by atoms with E-state index in [1.807, 2.05) is 37.3 Å². The Balaban J connectivity index is 2.31. The summed E-state index contributed by atoms with van der Waals surface area (Å²) in [6, 6.07) is 9.33. The molecule has 0 bridgehead atoms. The quantitative estimate of drug-likeness (QED) is 0.741. The van der Waals surface area contributed by atoms with E-state index in [1.54, 1.807) is 12.4 Å². The number of pyridine rings is 1. The second-order valence-corrected chi connectivity index (χ2v) is 5.86. The molecule has 0 fully saturated rings. The maximum Gasteiger partial charge on any atom is 0.170 e. The molecular formula is C14H11Br2NO. The van der Waals surface area contributed by atoms with E-state index >= 15 is 0 Å². The van der Waals surface area contributed by atoms with Crippen molar-refractivity contribution in [2.45, 2.75) is 12.8 Å². The SMILES string of the molecule is CC(C(=O)c1cc(Br)cc(Br)c1)c1ccncc1. The molecule has 1 aromatic carbocycles. The van der Waals surface area contributed by atoms with Crippen LogP contribution in [0.1, 0.15) is 28.8 Å². The molecule has 1 heterocycles. The van der Waals surface area contributed by atoms with E-state index in [0.717, 1.165) is 14.5 Å². The van der Waals surface area contributed by atoms with E-state index in [4.69, 9.17) is 0 Å². The molecule has 1 aromatic heterocycles. The largest absolute Gasteiger partial charge is 0.294 e. The van der Waals surface area contributed by atoms with Crippen LogP contribution in [0.15, 0.2) is 51.7 Å². The number of aromatic nitrogens is 1. The van der Waals surface area contributed by atoms with Crippen LogP contribution < -0.4 is 0 Å². The van der Waals surface area contributed by atoms with Crippen molar-refractivity contribution in [1.82, 2.24) is 4.98 Å². The van der Waals surface area contributed by atoms with Crippen molar-refractivity contribution in [1.29, 1.82) is 0 Å². The van der Waals surface area contributed by atoms with Crippen LogP contribution in [0, 0.1) is 0 Å². The van der Waals surface area contributed by atoms with Gasteiger partial charge in [-0.15, -0.1) is 0 Å². The lowest BCUT2D eigenvalue weighted by atomic mass is 9.93. The van der Waals surface area contributed by atoms with Gasteiger partial charge in [0.1, 0.15) is 0 Å². The third-order valence-electron chi connectivity index (χ3n) is 2.75. The summed E-state index contributed by atoms with van der Waals surface area (Å²) in [6.45, 7) is 1.91. The highest BCUT2D eigenvalue weighted by atomic mass is 79.9. The molecule has 1 unspecified atom stereocenters. The van der Waals surface area contributed by atoms with E-state index in [9.17, 15) is 4.79 Å². The molecule has 2 rings (SSSR count). The molecule has 18 heavy (non-hydrogen) atoms. The summed E-state index contributed by atoms with van der Waals surface area (Å²) in [5, 5.41) is 0. The van der Waals surface area contributed by atoms with Gasteiger partial charge in [-0.3, -0.25) is 9.78 Å². The topological polar surface area (TPSA) is 30.0 Å². The lowest BCUT2D eigenvalue weighted by Gasteiger charge is -2.11. The first-order valence-electron chi connectivity index (χ1n) is 5.48. The molecule has 0 spiro atoms. The number of benzene rings is 1. The number of nitrogens with zero attached hydrogens (tertiary/aromatic N) is 1. The van der Waals surface area contributed by atoms with Crippen LogP contribution in [-0.2, 0) is 0 Å². The number of carbonyl (C=O) groups excluding carboxylic acids is 1. The number of halogens is 2. The predicted molar refractivity (Wildman–Crippen MR) is 78.8 cm³/mol. The fourth-order valence-electron chi connectivity index (χ4n) is 1.75. The van der Waals surface area contributed by atoms with Crippen molar-refractivity contribution in [3.63, 3.8) is 0 Å². The van der Waals surface area contributed by atoms with Crippen molar-refractivity contribution in [2.75, 3.05) is 0 Å². The summed E-state index contributed by atoms with van der Waals surface area (Å²) in [5.74, 6) is -0.0719. The van der Waals surface area contributed by atoms with Crippen LogP contribution in [0.25, 0.3) is 0 Å². The normalized spacial score (nSPS) is 12.2. The maximum atomic E-state index is 12.4. The highest BCUT2D eigenvalue weighted by Gasteiger charge is 2.17. The van der Waals surface area contributed by atoms with E-state index < -0.39 is 0 Å². The van der Waals surface area contributed by atoms with Gasteiger partial charge in [-0.1, -0.05) is 38.8 Å². The summed E-state index contributed by atoms with van der Waals surface area (Å²) in [5.41, 5.74) is 1.67. The van der Waals surface area contributed by atoms with Gasteiger partial charge in [0.2, 0.25) is 0 Å². The number of hydrogen-bond donors (Lipinski definition) is 0. The molecule has 0 aliphatic heterocycles. The zero-order valence-corrected chi connectivity index (χ0v) is 12.9. The standard InChI is InChI=1S/C14H11Br2NO/c1-9(10-2-4-17-5-3-10)14(18)11-6-12(15)8-13(16)7-11/h2-9H,1H3. The molecule has 2 aromatic rings. The van der Waals surface area contributed by atoms with E-state index in [0.29, 0.717) is 5.56 Å². The minimum Gasteiger partial charge on any atom is -0.294 e. The lowest BCUT2D eigenvalue weighted by molar-refractivity contribution is 0.0966. The van der Waals surface area contributed by atoms with Gasteiger partial charge >= 0.3 is 0 Å². The molecule has 4 heteroatoms. The molecule has 0 amide bonds. The van der Waals surface area contributed by atoms with Crippen LogP contribution >= 0.6 is 31.9 Å². The minimum absolute atomic E-state index is 0.100. The number of carbonyl (C=O) groups is 1. The van der Waals surface area contributed by atoms with E-state index in [1.165, 1.54) is 0 Å². The van der Waals surface area contributed by atoms with Gasteiger partial charge in [0.05, 0.1) is 0 Å². The van der Waals surface area contributed by atoms with Crippen LogP contribution in [0.3, 0.4) is 0 Å². The molecule has 0 aliphatic rings. The molecule has 2 nitrogen and oxygen atoms in total. The van der Waals surface area contributed by atoms with Gasteiger partial charge in [-0.2, -0.15) is 0 Å².